The van der Waals surface area contributed by atoms with Gasteiger partial charge in [-0.1, -0.05) is 36.7 Å². The summed E-state index contributed by atoms with van der Waals surface area (Å²) >= 11 is 6.19. The van der Waals surface area contributed by atoms with Gasteiger partial charge in [-0.15, -0.1) is 0 Å². The number of benzene rings is 2. The highest BCUT2D eigenvalue weighted by molar-refractivity contribution is 6.31. The van der Waals surface area contributed by atoms with Crippen LogP contribution in [-0.2, 0) is 11.3 Å². The van der Waals surface area contributed by atoms with Crippen LogP contribution in [0.5, 0.6) is 0 Å². The average Bonchev–Trinajstić information content (AvgIpc) is 3.30. The van der Waals surface area contributed by atoms with E-state index in [4.69, 9.17) is 11.6 Å². The number of rotatable bonds is 6. The van der Waals surface area contributed by atoms with Gasteiger partial charge >= 0.3 is 6.03 Å². The van der Waals surface area contributed by atoms with Crippen LogP contribution in [0.3, 0.4) is 0 Å². The second-order valence-electron chi connectivity index (χ2n) is 8.48. The molecule has 0 aliphatic carbocycles. The maximum absolute atomic E-state index is 13.6. The first-order valence-electron chi connectivity index (χ1n) is 11.4. The molecule has 1 N–H and O–H groups in total. The van der Waals surface area contributed by atoms with Gasteiger partial charge in [-0.2, -0.15) is 0 Å². The van der Waals surface area contributed by atoms with E-state index in [9.17, 15) is 14.0 Å². The third kappa shape index (κ3) is 5.09. The van der Waals surface area contributed by atoms with E-state index in [0.717, 1.165) is 16.8 Å². The second kappa shape index (κ2) is 10.3. The molecule has 1 aromatic heterocycles. The largest absolute Gasteiger partial charge is 0.348 e. The average molecular weight is 483 g/mol. The summed E-state index contributed by atoms with van der Waals surface area (Å²) in [6, 6.07) is 14.8. The Labute approximate surface area is 203 Å². The fourth-order valence-corrected chi connectivity index (χ4v) is 4.48. The minimum Gasteiger partial charge on any atom is -0.348 e. The lowest BCUT2D eigenvalue weighted by atomic mass is 9.99. The molecule has 1 aliphatic heterocycles. The van der Waals surface area contributed by atoms with E-state index in [1.807, 2.05) is 38.2 Å². The van der Waals surface area contributed by atoms with Crippen LogP contribution in [0.25, 0.3) is 0 Å². The highest BCUT2D eigenvalue weighted by Crippen LogP contribution is 2.32. The molecule has 1 unspecified atom stereocenters. The number of halogens is 2. The third-order valence-electron chi connectivity index (χ3n) is 6.07. The molecule has 0 bridgehead atoms. The summed E-state index contributed by atoms with van der Waals surface area (Å²) in [5, 5.41) is 3.41. The van der Waals surface area contributed by atoms with Crippen LogP contribution in [0.15, 0.2) is 60.8 Å². The number of hydrogen-bond acceptors (Lipinski definition) is 2. The Balaban J connectivity index is 1.54. The van der Waals surface area contributed by atoms with Crippen molar-refractivity contribution in [2.45, 2.75) is 32.9 Å². The monoisotopic (exact) mass is 482 g/mol. The standard InChI is InChI=1S/C26H28ClFN4O2/c1-3-12-31(26(34)29-21-11-6-18(2)22(27)16-21)17-24(33)32-15-14-30-13-4-5-23(30)25(32)19-7-9-20(28)10-8-19/h4-11,13,16,25H,3,12,14-15,17H2,1-2H3,(H,29,34). The molecule has 0 fully saturated rings. The van der Waals surface area contributed by atoms with E-state index in [1.165, 1.54) is 17.0 Å². The van der Waals surface area contributed by atoms with E-state index in [1.54, 1.807) is 29.2 Å². The molecule has 6 nitrogen and oxygen atoms in total. The Morgan fingerprint density at radius 2 is 1.91 bits per heavy atom. The van der Waals surface area contributed by atoms with E-state index >= 15 is 0 Å². The van der Waals surface area contributed by atoms with Crippen molar-refractivity contribution in [3.8, 4) is 0 Å². The van der Waals surface area contributed by atoms with Gasteiger partial charge in [0, 0.05) is 42.2 Å². The molecule has 0 saturated heterocycles. The van der Waals surface area contributed by atoms with Crippen LogP contribution >= 0.6 is 11.6 Å². The molecule has 3 amide bonds. The van der Waals surface area contributed by atoms with Crippen molar-refractivity contribution < 1.29 is 14.0 Å². The topological polar surface area (TPSA) is 57.6 Å². The highest BCUT2D eigenvalue weighted by Gasteiger charge is 2.33. The Morgan fingerprint density at radius 1 is 1.15 bits per heavy atom. The lowest BCUT2D eigenvalue weighted by Gasteiger charge is -2.38. The zero-order valence-electron chi connectivity index (χ0n) is 19.3. The van der Waals surface area contributed by atoms with Crippen LogP contribution in [0.1, 0.15) is 36.2 Å². The van der Waals surface area contributed by atoms with E-state index in [-0.39, 0.29) is 30.3 Å². The van der Waals surface area contributed by atoms with Gasteiger partial charge in [-0.3, -0.25) is 4.79 Å². The smallest absolute Gasteiger partial charge is 0.322 e. The predicted molar refractivity (Wildman–Crippen MR) is 131 cm³/mol. The maximum Gasteiger partial charge on any atom is 0.322 e. The molecule has 1 aliphatic rings. The van der Waals surface area contributed by atoms with Gasteiger partial charge in [0.2, 0.25) is 5.91 Å². The lowest BCUT2D eigenvalue weighted by molar-refractivity contribution is -0.134. The number of nitrogens with zero attached hydrogens (tertiary/aromatic N) is 3. The Bertz CT molecular complexity index is 1180. The number of anilines is 1. The van der Waals surface area contributed by atoms with Gasteiger partial charge in [0.15, 0.2) is 0 Å². The molecule has 0 saturated carbocycles. The van der Waals surface area contributed by atoms with Gasteiger partial charge in [0.05, 0.1) is 6.04 Å². The summed E-state index contributed by atoms with van der Waals surface area (Å²) < 4.78 is 15.7. The van der Waals surface area contributed by atoms with E-state index < -0.39 is 0 Å². The summed E-state index contributed by atoms with van der Waals surface area (Å²) in [5.41, 5.74) is 3.29. The second-order valence-corrected chi connectivity index (χ2v) is 8.89. The maximum atomic E-state index is 13.6. The van der Waals surface area contributed by atoms with Crippen LogP contribution in [0.2, 0.25) is 5.02 Å². The molecular formula is C26H28ClFN4O2. The first kappa shape index (κ1) is 23.8. The molecule has 1 atom stereocenters. The highest BCUT2D eigenvalue weighted by atomic mass is 35.5. The lowest BCUT2D eigenvalue weighted by Crippen LogP contribution is -2.48. The molecule has 0 radical (unpaired) electrons. The number of aromatic nitrogens is 1. The molecule has 2 aromatic carbocycles. The molecular weight excluding hydrogens is 455 g/mol. The Morgan fingerprint density at radius 3 is 2.62 bits per heavy atom. The van der Waals surface area contributed by atoms with Crippen LogP contribution < -0.4 is 5.32 Å². The molecule has 2 heterocycles. The van der Waals surface area contributed by atoms with Gasteiger partial charge in [-0.25, -0.2) is 9.18 Å². The normalized spacial score (nSPS) is 15.1. The molecule has 3 aromatic rings. The molecule has 0 spiro atoms. The molecule has 4 rings (SSSR count). The number of hydrogen-bond donors (Lipinski definition) is 1. The minimum absolute atomic E-state index is 0.0579. The van der Waals surface area contributed by atoms with Crippen molar-refractivity contribution in [2.24, 2.45) is 0 Å². The van der Waals surface area contributed by atoms with Crippen LogP contribution in [0.4, 0.5) is 14.9 Å². The number of aryl methyl sites for hydroxylation is 1. The van der Waals surface area contributed by atoms with Gasteiger partial charge in [0.25, 0.3) is 0 Å². The molecule has 34 heavy (non-hydrogen) atoms. The number of amides is 3. The van der Waals surface area contributed by atoms with Crippen molar-refractivity contribution in [3.63, 3.8) is 0 Å². The quantitative estimate of drug-likeness (QED) is 0.507. The van der Waals surface area contributed by atoms with Crippen molar-refractivity contribution in [1.29, 1.82) is 0 Å². The Kier molecular flexibility index (Phi) is 7.22. The summed E-state index contributed by atoms with van der Waals surface area (Å²) in [4.78, 5) is 29.8. The van der Waals surface area contributed by atoms with Crippen molar-refractivity contribution in [3.05, 3.63) is 88.5 Å². The fraction of sp³-hybridized carbons (Fsp3) is 0.308. The minimum atomic E-state index is -0.353. The summed E-state index contributed by atoms with van der Waals surface area (Å²) in [5.74, 6) is -0.484. The van der Waals surface area contributed by atoms with Gasteiger partial charge < -0.3 is 19.7 Å². The first-order valence-corrected chi connectivity index (χ1v) is 11.8. The molecule has 8 heteroatoms. The third-order valence-corrected chi connectivity index (χ3v) is 6.48. The van der Waals surface area contributed by atoms with Gasteiger partial charge in [-0.05, 0) is 60.9 Å². The predicted octanol–water partition coefficient (Wildman–Crippen LogP) is 5.46. The van der Waals surface area contributed by atoms with Crippen LogP contribution in [0, 0.1) is 12.7 Å². The summed E-state index contributed by atoms with van der Waals surface area (Å²) in [7, 11) is 0. The molecule has 178 valence electrons. The number of fused-ring (bicyclic) bond motifs is 1. The first-order chi connectivity index (χ1) is 16.4. The van der Waals surface area contributed by atoms with Gasteiger partial charge in [0.1, 0.15) is 12.4 Å². The zero-order valence-corrected chi connectivity index (χ0v) is 20.1. The van der Waals surface area contributed by atoms with Crippen molar-refractivity contribution in [2.75, 3.05) is 25.0 Å². The van der Waals surface area contributed by atoms with E-state index in [0.29, 0.717) is 36.8 Å². The SMILES string of the molecule is CCCN(CC(=O)N1CCn2cccc2C1c1ccc(F)cc1)C(=O)Nc1ccc(C)c(Cl)c1. The number of urea groups is 1. The number of carbonyl (C=O) groups excluding carboxylic acids is 2. The van der Waals surface area contributed by atoms with Crippen molar-refractivity contribution >= 4 is 29.2 Å². The fourth-order valence-electron chi connectivity index (χ4n) is 4.30. The van der Waals surface area contributed by atoms with Crippen LogP contribution in [-0.4, -0.2) is 45.9 Å². The number of nitrogens with one attached hydrogen (secondary N) is 1. The zero-order chi connectivity index (χ0) is 24.2. The summed E-state index contributed by atoms with van der Waals surface area (Å²) in [6.07, 6.45) is 2.69. The van der Waals surface area contributed by atoms with E-state index in [2.05, 4.69) is 9.88 Å². The summed E-state index contributed by atoms with van der Waals surface area (Å²) in [6.45, 7) is 5.39. The number of carbonyl (C=O) groups is 2. The van der Waals surface area contributed by atoms with Crippen molar-refractivity contribution in [1.82, 2.24) is 14.4 Å². The Hall–Kier alpha value is -3.32.